The van der Waals surface area contributed by atoms with Crippen LogP contribution in [0, 0.1) is 0 Å². The van der Waals surface area contributed by atoms with E-state index in [1.165, 1.54) is 16.6 Å². The Morgan fingerprint density at radius 2 is 1.82 bits per heavy atom. The van der Waals surface area contributed by atoms with Crippen LogP contribution >= 0.6 is 0 Å². The molecule has 0 fully saturated rings. The highest BCUT2D eigenvalue weighted by atomic mass is 16.6. The van der Waals surface area contributed by atoms with E-state index < -0.39 is 5.60 Å². The maximum absolute atomic E-state index is 12.6. The first kappa shape index (κ1) is 21.5. The van der Waals surface area contributed by atoms with Crippen molar-refractivity contribution >= 4 is 28.4 Å². The van der Waals surface area contributed by atoms with Gasteiger partial charge in [-0.3, -0.25) is 0 Å². The summed E-state index contributed by atoms with van der Waals surface area (Å²) in [6, 6.07) is 12.4. The summed E-state index contributed by atoms with van der Waals surface area (Å²) in [5.74, 6) is 1.55. The minimum Gasteiger partial charge on any atom is -0.486 e. The number of rotatable bonds is 3. The first-order valence-electron chi connectivity index (χ1n) is 11.5. The van der Waals surface area contributed by atoms with Crippen LogP contribution in [0.2, 0.25) is 0 Å². The van der Waals surface area contributed by atoms with Crippen LogP contribution < -0.4 is 14.8 Å². The van der Waals surface area contributed by atoms with Gasteiger partial charge in [-0.15, -0.1) is 0 Å². The molecule has 1 atom stereocenters. The van der Waals surface area contributed by atoms with Crippen LogP contribution in [0.5, 0.6) is 11.5 Å². The molecule has 3 aromatic rings. The number of nitrogens with one attached hydrogen (secondary N) is 2. The average Bonchev–Trinajstić information content (AvgIpc) is 3.14. The van der Waals surface area contributed by atoms with Crippen molar-refractivity contribution < 1.29 is 19.0 Å². The zero-order chi connectivity index (χ0) is 23.2. The lowest BCUT2D eigenvalue weighted by Crippen LogP contribution is -2.43. The second-order valence-electron chi connectivity index (χ2n) is 9.81. The van der Waals surface area contributed by atoms with E-state index in [0.717, 1.165) is 47.7 Å². The number of nitrogens with zero attached hydrogens (tertiary/aromatic N) is 1. The van der Waals surface area contributed by atoms with Crippen LogP contribution in [0.4, 0.5) is 16.2 Å². The van der Waals surface area contributed by atoms with E-state index in [4.69, 9.17) is 14.2 Å². The van der Waals surface area contributed by atoms with Crippen molar-refractivity contribution in [1.82, 2.24) is 9.88 Å². The normalized spacial score (nSPS) is 17.4. The minimum absolute atomic E-state index is 0.127. The number of H-pyrrole nitrogens is 1. The molecule has 0 radical (unpaired) electrons. The molecule has 5 rings (SSSR count). The zero-order valence-electron chi connectivity index (χ0n) is 19.7. The number of aromatic nitrogens is 1. The SMILES string of the molecule is CN(C(=O)OC(C)(C)C)C1CCc2[nH]c3cc(Nc4ccc5c(c4)OCCO5)ccc3c2C1. The van der Waals surface area contributed by atoms with Crippen molar-refractivity contribution in [3.63, 3.8) is 0 Å². The van der Waals surface area contributed by atoms with E-state index in [1.54, 1.807) is 4.90 Å². The van der Waals surface area contributed by atoms with Crippen molar-refractivity contribution in [2.45, 2.75) is 51.7 Å². The molecule has 174 valence electrons. The van der Waals surface area contributed by atoms with Crippen LogP contribution in [-0.2, 0) is 17.6 Å². The number of aryl methyl sites for hydroxylation is 1. The predicted octanol–water partition coefficient (Wildman–Crippen LogP) is 5.41. The van der Waals surface area contributed by atoms with Gasteiger partial charge in [-0.25, -0.2) is 4.79 Å². The van der Waals surface area contributed by atoms with E-state index in [-0.39, 0.29) is 12.1 Å². The number of hydrogen-bond donors (Lipinski definition) is 2. The molecule has 2 heterocycles. The number of likely N-dealkylation sites (N-methyl/N-ethyl adjacent to an activating group) is 1. The fraction of sp³-hybridized carbons (Fsp3) is 0.423. The average molecular weight is 450 g/mol. The summed E-state index contributed by atoms with van der Waals surface area (Å²) in [5.41, 5.74) is 5.11. The molecule has 0 saturated carbocycles. The minimum atomic E-state index is -0.493. The first-order valence-corrected chi connectivity index (χ1v) is 11.5. The second kappa shape index (κ2) is 8.21. The van der Waals surface area contributed by atoms with Crippen molar-refractivity contribution in [1.29, 1.82) is 0 Å². The van der Waals surface area contributed by atoms with Gasteiger partial charge in [0.1, 0.15) is 18.8 Å². The van der Waals surface area contributed by atoms with Gasteiger partial charge in [0, 0.05) is 47.1 Å². The monoisotopic (exact) mass is 449 g/mol. The van der Waals surface area contributed by atoms with Gasteiger partial charge in [-0.05, 0) is 69.9 Å². The van der Waals surface area contributed by atoms with Gasteiger partial charge in [0.25, 0.3) is 0 Å². The summed E-state index contributed by atoms with van der Waals surface area (Å²) in [4.78, 5) is 17.9. The van der Waals surface area contributed by atoms with Gasteiger partial charge in [0.05, 0.1) is 0 Å². The number of carbonyl (C=O) groups is 1. The summed E-state index contributed by atoms with van der Waals surface area (Å²) in [7, 11) is 1.84. The second-order valence-corrected chi connectivity index (χ2v) is 9.81. The van der Waals surface area contributed by atoms with E-state index in [2.05, 4.69) is 28.5 Å². The molecular formula is C26H31N3O4. The fourth-order valence-corrected chi connectivity index (χ4v) is 4.59. The lowest BCUT2D eigenvalue weighted by molar-refractivity contribution is 0.0210. The molecule has 1 unspecified atom stereocenters. The summed E-state index contributed by atoms with van der Waals surface area (Å²) in [5, 5.41) is 4.67. The third-order valence-electron chi connectivity index (χ3n) is 6.22. The third kappa shape index (κ3) is 4.45. The zero-order valence-corrected chi connectivity index (χ0v) is 19.7. The van der Waals surface area contributed by atoms with Gasteiger partial charge in [-0.2, -0.15) is 0 Å². The molecule has 7 nitrogen and oxygen atoms in total. The van der Waals surface area contributed by atoms with Crippen molar-refractivity contribution in [3.8, 4) is 11.5 Å². The molecule has 2 N–H and O–H groups in total. The fourth-order valence-electron chi connectivity index (χ4n) is 4.59. The number of benzene rings is 2. The molecular weight excluding hydrogens is 418 g/mol. The molecule has 2 aliphatic rings. The number of fused-ring (bicyclic) bond motifs is 4. The Morgan fingerprint density at radius 3 is 2.61 bits per heavy atom. The van der Waals surface area contributed by atoms with E-state index >= 15 is 0 Å². The number of hydrogen-bond acceptors (Lipinski definition) is 5. The molecule has 0 saturated heterocycles. The van der Waals surface area contributed by atoms with Crippen molar-refractivity contribution in [2.24, 2.45) is 0 Å². The van der Waals surface area contributed by atoms with Gasteiger partial charge in [0.15, 0.2) is 11.5 Å². The lowest BCUT2D eigenvalue weighted by atomic mass is 9.91. The Balaban J connectivity index is 1.33. The van der Waals surface area contributed by atoms with Crippen LogP contribution in [0.15, 0.2) is 36.4 Å². The predicted molar refractivity (Wildman–Crippen MR) is 129 cm³/mol. The van der Waals surface area contributed by atoms with Gasteiger partial charge < -0.3 is 29.4 Å². The first-order chi connectivity index (χ1) is 15.8. The van der Waals surface area contributed by atoms with Gasteiger partial charge in [0.2, 0.25) is 0 Å². The Kier molecular flexibility index (Phi) is 5.35. The number of ether oxygens (including phenoxy) is 3. The molecule has 0 spiro atoms. The summed E-state index contributed by atoms with van der Waals surface area (Å²) < 4.78 is 16.9. The van der Waals surface area contributed by atoms with Crippen LogP contribution in [-0.4, -0.2) is 47.9 Å². The Hall–Kier alpha value is -3.35. The molecule has 1 aliphatic carbocycles. The summed E-state index contributed by atoms with van der Waals surface area (Å²) in [6.45, 7) is 6.85. The highest BCUT2D eigenvalue weighted by Crippen LogP contribution is 2.35. The molecule has 1 aromatic heterocycles. The maximum atomic E-state index is 12.6. The lowest BCUT2D eigenvalue weighted by Gasteiger charge is -2.33. The number of aromatic amines is 1. The highest BCUT2D eigenvalue weighted by Gasteiger charge is 2.30. The Bertz CT molecular complexity index is 1190. The summed E-state index contributed by atoms with van der Waals surface area (Å²) >= 11 is 0. The van der Waals surface area contributed by atoms with Gasteiger partial charge >= 0.3 is 6.09 Å². The molecule has 33 heavy (non-hydrogen) atoms. The Morgan fingerprint density at radius 1 is 1.09 bits per heavy atom. The van der Waals surface area contributed by atoms with E-state index in [1.807, 2.05) is 46.0 Å². The van der Waals surface area contributed by atoms with Crippen molar-refractivity contribution in [2.75, 3.05) is 25.6 Å². The topological polar surface area (TPSA) is 75.8 Å². The number of carbonyl (C=O) groups excluding carboxylic acids is 1. The molecule has 1 aliphatic heterocycles. The largest absolute Gasteiger partial charge is 0.486 e. The van der Waals surface area contributed by atoms with Crippen molar-refractivity contribution in [3.05, 3.63) is 47.7 Å². The quantitative estimate of drug-likeness (QED) is 0.559. The maximum Gasteiger partial charge on any atom is 0.410 e. The molecule has 7 heteroatoms. The van der Waals surface area contributed by atoms with Gasteiger partial charge in [-0.1, -0.05) is 6.07 Å². The standard InChI is InChI=1S/C26H31N3O4/c1-26(2,3)33-25(30)29(4)18-7-9-21-20(15-18)19-8-5-16(13-22(19)28-21)27-17-6-10-23-24(14-17)32-12-11-31-23/h5-6,8,10,13-14,18,27-28H,7,9,11-12,15H2,1-4H3. The van der Waals surface area contributed by atoms with E-state index in [0.29, 0.717) is 13.2 Å². The van der Waals surface area contributed by atoms with E-state index in [9.17, 15) is 4.79 Å². The smallest absolute Gasteiger partial charge is 0.410 e. The third-order valence-corrected chi connectivity index (χ3v) is 6.22. The highest BCUT2D eigenvalue weighted by molar-refractivity contribution is 5.88. The van der Waals surface area contributed by atoms with Crippen LogP contribution in [0.3, 0.4) is 0 Å². The Labute approximate surface area is 194 Å². The van der Waals surface area contributed by atoms with Crippen LogP contribution in [0.25, 0.3) is 10.9 Å². The molecule has 2 aromatic carbocycles. The number of anilines is 2. The molecule has 0 bridgehead atoms. The number of amides is 1. The van der Waals surface area contributed by atoms with Crippen LogP contribution in [0.1, 0.15) is 38.4 Å². The summed E-state index contributed by atoms with van der Waals surface area (Å²) in [6.07, 6.45) is 2.38. The molecule has 1 amide bonds.